The molecule has 1 aliphatic carbocycles. The van der Waals surface area contributed by atoms with Crippen LogP contribution in [0.25, 0.3) is 32.6 Å². The summed E-state index contributed by atoms with van der Waals surface area (Å²) in [6.45, 7) is 0. The molecule has 3 aromatic carbocycles. The lowest BCUT2D eigenvalue weighted by Gasteiger charge is -2.12. The molecular formula is C23H11NO3. The second-order valence-electron chi connectivity index (χ2n) is 6.69. The Morgan fingerprint density at radius 3 is 2.33 bits per heavy atom. The van der Waals surface area contributed by atoms with Crippen molar-refractivity contribution in [3.63, 3.8) is 0 Å². The van der Waals surface area contributed by atoms with E-state index in [-0.39, 0.29) is 17.3 Å². The van der Waals surface area contributed by atoms with Gasteiger partial charge in [0.2, 0.25) is 5.78 Å². The lowest BCUT2D eigenvalue weighted by atomic mass is 9.87. The van der Waals surface area contributed by atoms with Gasteiger partial charge in [0.1, 0.15) is 5.58 Å². The summed E-state index contributed by atoms with van der Waals surface area (Å²) in [5.74, 6) is -0.307. The standard InChI is InChI=1S/C23H11NO3/c25-20-14-5-1-2-6-15(14)21(26)23-18(20)16-10-9-12-7-8-13-4-3-11-24-19(13)17(12)22(16)27-23/h1-11H. The summed E-state index contributed by atoms with van der Waals surface area (Å²) in [4.78, 5) is 30.6. The van der Waals surface area contributed by atoms with Crippen molar-refractivity contribution >= 4 is 44.2 Å². The number of hydrogen-bond acceptors (Lipinski definition) is 4. The number of nitrogens with zero attached hydrogens (tertiary/aromatic N) is 1. The second kappa shape index (κ2) is 4.89. The van der Waals surface area contributed by atoms with Gasteiger partial charge in [-0.15, -0.1) is 0 Å². The molecule has 0 unspecified atom stereocenters. The highest BCUT2D eigenvalue weighted by atomic mass is 16.3. The predicted octanol–water partition coefficient (Wildman–Crippen LogP) is 4.91. The third kappa shape index (κ3) is 1.74. The van der Waals surface area contributed by atoms with Crippen molar-refractivity contribution in [2.75, 3.05) is 0 Å². The van der Waals surface area contributed by atoms with Crippen molar-refractivity contribution in [3.05, 3.63) is 89.3 Å². The minimum atomic E-state index is -0.252. The fraction of sp³-hybridized carbons (Fsp3) is 0. The Morgan fingerprint density at radius 1 is 0.741 bits per heavy atom. The minimum Gasteiger partial charge on any atom is -0.451 e. The molecule has 1 aliphatic rings. The minimum absolute atomic E-state index is 0.120. The third-order valence-corrected chi connectivity index (χ3v) is 5.26. The summed E-state index contributed by atoms with van der Waals surface area (Å²) in [6.07, 6.45) is 1.73. The Balaban J connectivity index is 1.81. The number of fused-ring (bicyclic) bond motifs is 8. The van der Waals surface area contributed by atoms with Gasteiger partial charge in [-0.3, -0.25) is 14.6 Å². The van der Waals surface area contributed by atoms with Gasteiger partial charge >= 0.3 is 0 Å². The van der Waals surface area contributed by atoms with Crippen molar-refractivity contribution in [2.45, 2.75) is 0 Å². The summed E-state index contributed by atoms with van der Waals surface area (Å²) in [5.41, 5.74) is 2.50. The molecular weight excluding hydrogens is 338 g/mol. The Labute approximate surface area is 153 Å². The van der Waals surface area contributed by atoms with Crippen LogP contribution in [0.3, 0.4) is 0 Å². The van der Waals surface area contributed by atoms with E-state index in [0.29, 0.717) is 27.7 Å². The Morgan fingerprint density at radius 2 is 1.48 bits per heavy atom. The molecule has 0 fully saturated rings. The molecule has 6 rings (SSSR count). The van der Waals surface area contributed by atoms with E-state index in [1.165, 1.54) is 0 Å². The largest absolute Gasteiger partial charge is 0.451 e. The van der Waals surface area contributed by atoms with E-state index in [1.807, 2.05) is 36.4 Å². The van der Waals surface area contributed by atoms with E-state index in [4.69, 9.17) is 4.42 Å². The molecule has 0 N–H and O–H groups in total. The maximum Gasteiger partial charge on any atom is 0.229 e. The summed E-state index contributed by atoms with van der Waals surface area (Å²) >= 11 is 0. The van der Waals surface area contributed by atoms with Crippen LogP contribution in [0.4, 0.5) is 0 Å². The van der Waals surface area contributed by atoms with Crippen LogP contribution in [0.1, 0.15) is 32.0 Å². The predicted molar refractivity (Wildman–Crippen MR) is 102 cm³/mol. The molecule has 2 heterocycles. The highest BCUT2D eigenvalue weighted by molar-refractivity contribution is 6.33. The Bertz CT molecular complexity index is 1460. The molecule has 0 atom stereocenters. The van der Waals surface area contributed by atoms with Crippen LogP contribution >= 0.6 is 0 Å². The Kier molecular flexibility index (Phi) is 2.60. The van der Waals surface area contributed by atoms with Gasteiger partial charge in [0.05, 0.1) is 16.5 Å². The van der Waals surface area contributed by atoms with Gasteiger partial charge < -0.3 is 4.42 Å². The summed E-state index contributed by atoms with van der Waals surface area (Å²) in [6, 6.07) is 18.5. The van der Waals surface area contributed by atoms with Crippen molar-refractivity contribution in [3.8, 4) is 0 Å². The topological polar surface area (TPSA) is 60.2 Å². The normalized spacial score (nSPS) is 13.3. The number of pyridine rings is 1. The molecule has 4 nitrogen and oxygen atoms in total. The molecule has 0 saturated heterocycles. The summed E-state index contributed by atoms with van der Waals surface area (Å²) in [7, 11) is 0. The van der Waals surface area contributed by atoms with Crippen LogP contribution in [0, 0.1) is 0 Å². The van der Waals surface area contributed by atoms with E-state index >= 15 is 0 Å². The van der Waals surface area contributed by atoms with Gasteiger partial charge in [0.15, 0.2) is 11.5 Å². The molecule has 0 saturated carbocycles. The maximum absolute atomic E-state index is 13.1. The van der Waals surface area contributed by atoms with E-state index in [2.05, 4.69) is 4.98 Å². The van der Waals surface area contributed by atoms with Gasteiger partial charge in [-0.05, 0) is 17.5 Å². The van der Waals surface area contributed by atoms with E-state index in [9.17, 15) is 9.59 Å². The molecule has 0 amide bonds. The van der Waals surface area contributed by atoms with Crippen molar-refractivity contribution in [2.24, 2.45) is 0 Å². The molecule has 126 valence electrons. The highest BCUT2D eigenvalue weighted by Crippen LogP contribution is 2.39. The first-order valence-electron chi connectivity index (χ1n) is 8.65. The smallest absolute Gasteiger partial charge is 0.229 e. The van der Waals surface area contributed by atoms with Gasteiger partial charge in [0, 0.05) is 28.1 Å². The number of carbonyl (C=O) groups excluding carboxylic acids is 2. The first-order chi connectivity index (χ1) is 13.2. The van der Waals surface area contributed by atoms with Crippen LogP contribution in [-0.2, 0) is 0 Å². The average molecular weight is 349 g/mol. The van der Waals surface area contributed by atoms with E-state index in [1.54, 1.807) is 30.5 Å². The molecule has 5 aromatic rings. The molecule has 0 aliphatic heterocycles. The molecule has 27 heavy (non-hydrogen) atoms. The number of benzene rings is 3. The first kappa shape index (κ1) is 14.4. The molecule has 0 radical (unpaired) electrons. The van der Waals surface area contributed by atoms with Crippen LogP contribution in [0.5, 0.6) is 0 Å². The average Bonchev–Trinajstić information content (AvgIpc) is 3.12. The number of carbonyl (C=O) groups is 2. The van der Waals surface area contributed by atoms with Gasteiger partial charge in [-0.25, -0.2) is 0 Å². The van der Waals surface area contributed by atoms with E-state index < -0.39 is 0 Å². The number of aromatic nitrogens is 1. The SMILES string of the molecule is O=C1c2ccccc2C(=O)c2c1oc1c2ccc2ccc3cccnc3c21. The fourth-order valence-corrected chi connectivity index (χ4v) is 4.02. The fourth-order valence-electron chi connectivity index (χ4n) is 4.02. The van der Waals surface area contributed by atoms with Gasteiger partial charge in [0.25, 0.3) is 0 Å². The molecule has 0 spiro atoms. The van der Waals surface area contributed by atoms with Gasteiger partial charge in [-0.2, -0.15) is 0 Å². The Hall–Kier alpha value is -3.79. The quantitative estimate of drug-likeness (QED) is 0.366. The third-order valence-electron chi connectivity index (χ3n) is 5.26. The van der Waals surface area contributed by atoms with Crippen LogP contribution in [0.2, 0.25) is 0 Å². The zero-order valence-corrected chi connectivity index (χ0v) is 14.0. The van der Waals surface area contributed by atoms with Crippen LogP contribution < -0.4 is 0 Å². The van der Waals surface area contributed by atoms with Crippen molar-refractivity contribution < 1.29 is 14.0 Å². The first-order valence-corrected chi connectivity index (χ1v) is 8.65. The number of ketones is 2. The second-order valence-corrected chi connectivity index (χ2v) is 6.69. The van der Waals surface area contributed by atoms with Gasteiger partial charge in [-0.1, -0.05) is 48.5 Å². The number of rotatable bonds is 0. The molecule has 2 aromatic heterocycles. The van der Waals surface area contributed by atoms with Crippen molar-refractivity contribution in [1.82, 2.24) is 4.98 Å². The zero-order valence-electron chi connectivity index (χ0n) is 14.0. The number of furan rings is 1. The number of hydrogen-bond donors (Lipinski definition) is 0. The van der Waals surface area contributed by atoms with E-state index in [0.717, 1.165) is 21.7 Å². The maximum atomic E-state index is 13.1. The summed E-state index contributed by atoms with van der Waals surface area (Å²) < 4.78 is 6.04. The zero-order chi connectivity index (χ0) is 18.1. The summed E-state index contributed by atoms with van der Waals surface area (Å²) in [5, 5.41) is 3.41. The van der Waals surface area contributed by atoms with Crippen molar-refractivity contribution in [1.29, 1.82) is 0 Å². The lowest BCUT2D eigenvalue weighted by molar-refractivity contribution is 0.0962. The molecule has 4 heteroatoms. The molecule has 0 bridgehead atoms. The van der Waals surface area contributed by atoms with Crippen LogP contribution in [0.15, 0.2) is 71.3 Å². The lowest BCUT2D eigenvalue weighted by Crippen LogP contribution is -2.19. The van der Waals surface area contributed by atoms with Crippen LogP contribution in [-0.4, -0.2) is 16.6 Å². The highest BCUT2D eigenvalue weighted by Gasteiger charge is 2.35. The monoisotopic (exact) mass is 349 g/mol.